The van der Waals surface area contributed by atoms with Gasteiger partial charge in [-0.15, -0.1) is 0 Å². The molecule has 0 saturated heterocycles. The summed E-state index contributed by atoms with van der Waals surface area (Å²) in [5.74, 6) is 0. The Hall–Kier alpha value is 1.05. The normalized spacial score (nSPS) is 11.7. The van der Waals surface area contributed by atoms with Gasteiger partial charge < -0.3 is 4.89 Å². The van der Waals surface area contributed by atoms with E-state index in [1.165, 1.54) is 0 Å². The molecule has 0 aliphatic rings. The van der Waals surface area contributed by atoms with Gasteiger partial charge in [-0.1, -0.05) is 18.2 Å². The van der Waals surface area contributed by atoms with Crippen molar-refractivity contribution < 1.29 is 9.46 Å². The van der Waals surface area contributed by atoms with E-state index >= 15 is 0 Å². The predicted octanol–water partition coefficient (Wildman–Crippen LogP) is 0.130. The summed E-state index contributed by atoms with van der Waals surface area (Å²) < 4.78 is 10.4. The van der Waals surface area contributed by atoms with Crippen molar-refractivity contribution in [1.82, 2.24) is 0 Å². The topological polar surface area (TPSA) is 37.3 Å². The van der Waals surface area contributed by atoms with Gasteiger partial charge in [0.25, 0.3) is 0 Å². The second-order valence-corrected chi connectivity index (χ2v) is 2.86. The summed E-state index contributed by atoms with van der Waals surface area (Å²) in [5, 5.41) is 0.516. The maximum atomic E-state index is 10.4. The SMILES string of the molecule is O=[PH](O)c1ccccc1.[KH]. The van der Waals surface area contributed by atoms with Crippen molar-refractivity contribution in [1.29, 1.82) is 0 Å². The van der Waals surface area contributed by atoms with E-state index in [-0.39, 0.29) is 51.4 Å². The van der Waals surface area contributed by atoms with Gasteiger partial charge in [0, 0.05) is 5.30 Å². The van der Waals surface area contributed by atoms with Gasteiger partial charge in [-0.25, -0.2) is 0 Å². The molecule has 0 radical (unpaired) electrons. The molecule has 0 amide bonds. The Morgan fingerprint density at radius 3 is 2.00 bits per heavy atom. The molecule has 2 nitrogen and oxygen atoms in total. The second-order valence-electron chi connectivity index (χ2n) is 1.67. The Balaban J connectivity index is 0.000000810. The van der Waals surface area contributed by atoms with Gasteiger partial charge >= 0.3 is 51.4 Å². The molecule has 50 valence electrons. The average Bonchev–Trinajstić information content (AvgIpc) is 1.90. The van der Waals surface area contributed by atoms with Gasteiger partial charge in [0.15, 0.2) is 0 Å². The average molecular weight is 182 g/mol. The van der Waals surface area contributed by atoms with Gasteiger partial charge in [0.05, 0.1) is 0 Å². The molecule has 0 saturated carbocycles. The first-order chi connectivity index (χ1) is 4.30. The Morgan fingerprint density at radius 1 is 1.20 bits per heavy atom. The number of hydrogen-bond donors (Lipinski definition) is 1. The summed E-state index contributed by atoms with van der Waals surface area (Å²) in [6.07, 6.45) is 0. The molecule has 4 heteroatoms. The van der Waals surface area contributed by atoms with E-state index in [4.69, 9.17) is 4.89 Å². The van der Waals surface area contributed by atoms with Crippen LogP contribution in [-0.2, 0) is 4.57 Å². The van der Waals surface area contributed by atoms with E-state index in [1.807, 2.05) is 6.07 Å². The first kappa shape index (κ1) is 11.0. The van der Waals surface area contributed by atoms with Crippen molar-refractivity contribution in [3.8, 4) is 0 Å². The number of rotatable bonds is 1. The summed E-state index contributed by atoms with van der Waals surface area (Å²) in [4.78, 5) is 8.57. The van der Waals surface area contributed by atoms with E-state index in [2.05, 4.69) is 0 Å². The van der Waals surface area contributed by atoms with E-state index in [1.54, 1.807) is 24.3 Å². The van der Waals surface area contributed by atoms with Crippen LogP contribution in [0, 0.1) is 0 Å². The molecule has 0 fully saturated rings. The van der Waals surface area contributed by atoms with Crippen molar-refractivity contribution in [2.24, 2.45) is 0 Å². The summed E-state index contributed by atoms with van der Waals surface area (Å²) in [5.41, 5.74) is 0. The fourth-order valence-corrected chi connectivity index (χ4v) is 1.06. The molecule has 0 aromatic heterocycles. The van der Waals surface area contributed by atoms with Crippen LogP contribution in [0.2, 0.25) is 0 Å². The molecule has 0 heterocycles. The molecule has 1 aromatic carbocycles. The molecule has 1 N–H and O–H groups in total. The standard InChI is InChI=1S/C6H7O2P.K.H/c7-9(8)6-4-2-1-3-5-6;;/h1-5,9H,(H,7,8);;. The molecule has 10 heavy (non-hydrogen) atoms. The Morgan fingerprint density at radius 2 is 1.70 bits per heavy atom. The van der Waals surface area contributed by atoms with E-state index < -0.39 is 8.03 Å². The van der Waals surface area contributed by atoms with Crippen molar-refractivity contribution in [3.63, 3.8) is 0 Å². The molecule has 1 atom stereocenters. The quantitative estimate of drug-likeness (QED) is 0.495. The Kier molecular flexibility index (Phi) is 6.26. The monoisotopic (exact) mass is 182 g/mol. The van der Waals surface area contributed by atoms with Gasteiger partial charge in [0.1, 0.15) is 0 Å². The van der Waals surface area contributed by atoms with Gasteiger partial charge in [-0.05, 0) is 12.1 Å². The van der Waals surface area contributed by atoms with Crippen LogP contribution in [0.4, 0.5) is 0 Å². The molecule has 0 bridgehead atoms. The van der Waals surface area contributed by atoms with Crippen molar-refractivity contribution in [3.05, 3.63) is 30.3 Å². The molecule has 0 aliphatic heterocycles. The van der Waals surface area contributed by atoms with E-state index in [9.17, 15) is 4.57 Å². The first-order valence-corrected chi connectivity index (χ1v) is 3.94. The third-order valence-electron chi connectivity index (χ3n) is 1.02. The van der Waals surface area contributed by atoms with Crippen LogP contribution in [0.15, 0.2) is 30.3 Å². The van der Waals surface area contributed by atoms with Crippen molar-refractivity contribution in [2.75, 3.05) is 0 Å². The molecule has 1 unspecified atom stereocenters. The molecule has 1 aromatic rings. The Labute approximate surface area is 103 Å². The van der Waals surface area contributed by atoms with Crippen molar-refractivity contribution in [2.45, 2.75) is 0 Å². The van der Waals surface area contributed by atoms with Gasteiger partial charge in [0.2, 0.25) is 8.03 Å². The zero-order chi connectivity index (χ0) is 6.69. The third kappa shape index (κ3) is 3.44. The second kappa shape index (κ2) is 5.67. The van der Waals surface area contributed by atoms with Crippen molar-refractivity contribution >= 4 is 64.7 Å². The molecular formula is C6H8KO2P. The van der Waals surface area contributed by atoms with Gasteiger partial charge in [-0.2, -0.15) is 0 Å². The minimum absolute atomic E-state index is 0. The van der Waals surface area contributed by atoms with Crippen LogP contribution < -0.4 is 5.30 Å². The van der Waals surface area contributed by atoms with Gasteiger partial charge in [-0.3, -0.25) is 4.57 Å². The Bertz CT molecular complexity index is 212. The summed E-state index contributed by atoms with van der Waals surface area (Å²) >= 11 is 0. The number of benzene rings is 1. The fraction of sp³-hybridized carbons (Fsp3) is 0. The maximum absolute atomic E-state index is 10.4. The zero-order valence-electron chi connectivity index (χ0n) is 4.74. The summed E-state index contributed by atoms with van der Waals surface area (Å²) in [7, 11) is -2.46. The first-order valence-electron chi connectivity index (χ1n) is 2.59. The van der Waals surface area contributed by atoms with Crippen LogP contribution in [-0.4, -0.2) is 56.3 Å². The van der Waals surface area contributed by atoms with Crippen LogP contribution in [0.3, 0.4) is 0 Å². The minimum atomic E-state index is -2.46. The zero-order valence-corrected chi connectivity index (χ0v) is 5.74. The van der Waals surface area contributed by atoms with Crippen LogP contribution in [0.5, 0.6) is 0 Å². The molecule has 0 aliphatic carbocycles. The van der Waals surface area contributed by atoms with E-state index in [0.717, 1.165) is 0 Å². The fourth-order valence-electron chi connectivity index (χ4n) is 0.581. The molecule has 0 spiro atoms. The third-order valence-corrected chi connectivity index (χ3v) is 1.85. The number of hydrogen-bond acceptors (Lipinski definition) is 1. The van der Waals surface area contributed by atoms with Crippen LogP contribution in [0.25, 0.3) is 0 Å². The van der Waals surface area contributed by atoms with Crippen LogP contribution >= 0.6 is 8.03 Å². The summed E-state index contributed by atoms with van der Waals surface area (Å²) in [6.45, 7) is 0. The van der Waals surface area contributed by atoms with E-state index in [0.29, 0.717) is 5.30 Å². The molecular weight excluding hydrogens is 174 g/mol. The predicted molar refractivity (Wildman–Crippen MR) is 44.4 cm³/mol. The molecule has 1 rings (SSSR count). The summed E-state index contributed by atoms with van der Waals surface area (Å²) in [6, 6.07) is 8.58. The van der Waals surface area contributed by atoms with Crippen LogP contribution in [0.1, 0.15) is 0 Å².